The van der Waals surface area contributed by atoms with Crippen molar-refractivity contribution in [1.29, 1.82) is 0 Å². The lowest BCUT2D eigenvalue weighted by molar-refractivity contribution is -0.137. The third-order valence-corrected chi connectivity index (χ3v) is 3.96. The van der Waals surface area contributed by atoms with E-state index in [0.717, 1.165) is 38.6 Å². The number of piperidine rings is 1. The number of amidine groups is 1. The average molecular weight is 239 g/mol. The summed E-state index contributed by atoms with van der Waals surface area (Å²) in [5, 5.41) is 11.8. The highest BCUT2D eigenvalue weighted by molar-refractivity contribution is 5.90. The summed E-state index contributed by atoms with van der Waals surface area (Å²) in [6.45, 7) is 2.73. The van der Waals surface area contributed by atoms with Gasteiger partial charge in [-0.05, 0) is 38.0 Å². The lowest BCUT2D eigenvalue weighted by atomic mass is 9.97. The van der Waals surface area contributed by atoms with Crippen molar-refractivity contribution < 1.29 is 10.0 Å². The van der Waals surface area contributed by atoms with Crippen molar-refractivity contribution in [1.82, 2.24) is 4.90 Å². The first-order valence-corrected chi connectivity index (χ1v) is 6.43. The van der Waals surface area contributed by atoms with E-state index in [-0.39, 0.29) is 23.7 Å². The highest BCUT2D eigenvalue weighted by Crippen LogP contribution is 2.38. The Kier molecular flexibility index (Phi) is 3.54. The van der Waals surface area contributed by atoms with Gasteiger partial charge in [0.15, 0.2) is 5.84 Å². The molecule has 0 radical (unpaired) electrons. The molecule has 0 aromatic heterocycles. The van der Waals surface area contributed by atoms with E-state index in [4.69, 9.17) is 10.9 Å². The highest BCUT2D eigenvalue weighted by Gasteiger charge is 2.38. The second kappa shape index (κ2) is 4.94. The minimum Gasteiger partial charge on any atom is -0.409 e. The lowest BCUT2D eigenvalue weighted by Gasteiger charge is -2.36. The Morgan fingerprint density at radius 3 is 2.71 bits per heavy atom. The molecule has 1 heterocycles. The Morgan fingerprint density at radius 1 is 1.41 bits per heavy atom. The molecule has 3 N–H and O–H groups in total. The molecule has 0 bridgehead atoms. The molecule has 1 amide bonds. The fraction of sp³-hybridized carbons (Fsp3) is 0.833. The number of amides is 1. The van der Waals surface area contributed by atoms with E-state index in [2.05, 4.69) is 5.16 Å². The van der Waals surface area contributed by atoms with Gasteiger partial charge in [-0.15, -0.1) is 0 Å². The second-order valence-corrected chi connectivity index (χ2v) is 5.19. The van der Waals surface area contributed by atoms with Crippen LogP contribution in [0.5, 0.6) is 0 Å². The van der Waals surface area contributed by atoms with Crippen LogP contribution in [0.3, 0.4) is 0 Å². The summed E-state index contributed by atoms with van der Waals surface area (Å²) < 4.78 is 0. The number of likely N-dealkylation sites (tertiary alicyclic amines) is 1. The number of oxime groups is 1. The number of hydrogen-bond acceptors (Lipinski definition) is 3. The summed E-state index contributed by atoms with van der Waals surface area (Å²) in [6.07, 6.45) is 5.17. The largest absolute Gasteiger partial charge is 0.409 e. The van der Waals surface area contributed by atoms with Crippen molar-refractivity contribution in [2.24, 2.45) is 22.7 Å². The zero-order valence-electron chi connectivity index (χ0n) is 10.3. The van der Waals surface area contributed by atoms with Gasteiger partial charge in [0.05, 0.1) is 6.04 Å². The fourth-order valence-electron chi connectivity index (χ4n) is 2.63. The van der Waals surface area contributed by atoms with Crippen LogP contribution in [0.4, 0.5) is 0 Å². The van der Waals surface area contributed by atoms with Crippen LogP contribution in [-0.4, -0.2) is 34.4 Å². The van der Waals surface area contributed by atoms with Gasteiger partial charge in [-0.3, -0.25) is 4.79 Å². The van der Waals surface area contributed by atoms with Crippen molar-refractivity contribution in [3.05, 3.63) is 0 Å². The Morgan fingerprint density at radius 2 is 2.12 bits per heavy atom. The maximum Gasteiger partial charge on any atom is 0.226 e. The first-order chi connectivity index (χ1) is 8.15. The molecule has 2 unspecified atom stereocenters. The van der Waals surface area contributed by atoms with Gasteiger partial charge < -0.3 is 15.8 Å². The zero-order valence-corrected chi connectivity index (χ0v) is 10.3. The van der Waals surface area contributed by atoms with Crippen LogP contribution in [0.1, 0.15) is 39.0 Å². The van der Waals surface area contributed by atoms with Crippen LogP contribution < -0.4 is 5.73 Å². The van der Waals surface area contributed by atoms with Gasteiger partial charge in [-0.1, -0.05) is 12.1 Å². The van der Waals surface area contributed by atoms with Gasteiger partial charge in [-0.2, -0.15) is 0 Å². The fourth-order valence-corrected chi connectivity index (χ4v) is 2.63. The van der Waals surface area contributed by atoms with E-state index in [1.807, 2.05) is 11.8 Å². The van der Waals surface area contributed by atoms with E-state index >= 15 is 0 Å². The molecule has 0 aromatic carbocycles. The molecule has 5 heteroatoms. The third kappa shape index (κ3) is 2.53. The molecule has 0 aromatic rings. The minimum atomic E-state index is -0.206. The molecule has 2 atom stereocenters. The van der Waals surface area contributed by atoms with Gasteiger partial charge in [0.2, 0.25) is 5.91 Å². The maximum absolute atomic E-state index is 12.3. The summed E-state index contributed by atoms with van der Waals surface area (Å²) in [4.78, 5) is 14.2. The molecule has 1 saturated heterocycles. The number of rotatable bonds is 3. The molecular formula is C12H21N3O2. The quantitative estimate of drug-likeness (QED) is 0.336. The highest BCUT2D eigenvalue weighted by atomic mass is 16.4. The van der Waals surface area contributed by atoms with Crippen LogP contribution in [0.2, 0.25) is 0 Å². The summed E-state index contributed by atoms with van der Waals surface area (Å²) in [6, 6.07) is -0.206. The topological polar surface area (TPSA) is 78.9 Å². The van der Waals surface area contributed by atoms with Crippen molar-refractivity contribution in [3.8, 4) is 0 Å². The smallest absolute Gasteiger partial charge is 0.226 e. The van der Waals surface area contributed by atoms with Gasteiger partial charge >= 0.3 is 0 Å². The summed E-state index contributed by atoms with van der Waals surface area (Å²) >= 11 is 0. The van der Waals surface area contributed by atoms with Gasteiger partial charge in [0.1, 0.15) is 0 Å². The van der Waals surface area contributed by atoms with E-state index in [9.17, 15) is 4.79 Å². The van der Waals surface area contributed by atoms with Crippen molar-refractivity contribution in [2.45, 2.75) is 45.1 Å². The Labute approximate surface area is 102 Å². The molecule has 2 rings (SSSR count). The molecule has 0 spiro atoms. The van der Waals surface area contributed by atoms with Gasteiger partial charge in [-0.25, -0.2) is 0 Å². The van der Waals surface area contributed by atoms with Gasteiger partial charge in [0, 0.05) is 12.5 Å². The van der Waals surface area contributed by atoms with Gasteiger partial charge in [0.25, 0.3) is 0 Å². The number of carbonyl (C=O) groups excluding carboxylic acids is 1. The molecule has 2 fully saturated rings. The number of nitrogens with zero attached hydrogens (tertiary/aromatic N) is 2. The summed E-state index contributed by atoms with van der Waals surface area (Å²) in [5.74, 6) is 0.976. The number of carbonyl (C=O) groups is 1. The predicted molar refractivity (Wildman–Crippen MR) is 64.6 cm³/mol. The van der Waals surface area contributed by atoms with Crippen molar-refractivity contribution >= 4 is 11.7 Å². The molecule has 96 valence electrons. The normalized spacial score (nSPS) is 27.9. The first-order valence-electron chi connectivity index (χ1n) is 6.43. The molecular weight excluding hydrogens is 218 g/mol. The van der Waals surface area contributed by atoms with Crippen LogP contribution in [0, 0.1) is 11.8 Å². The molecule has 2 aliphatic rings. The summed E-state index contributed by atoms with van der Waals surface area (Å²) in [7, 11) is 0. The van der Waals surface area contributed by atoms with Crippen molar-refractivity contribution in [2.75, 3.05) is 6.54 Å². The lowest BCUT2D eigenvalue weighted by Crippen LogP contribution is -2.52. The SMILES string of the molecule is CC(C(=O)N1CCCCC1C(N)=NO)C1CC1. The molecule has 5 nitrogen and oxygen atoms in total. The molecule has 17 heavy (non-hydrogen) atoms. The Balaban J connectivity index is 2.07. The van der Waals surface area contributed by atoms with Crippen LogP contribution >= 0.6 is 0 Å². The Bertz CT molecular complexity index is 326. The van der Waals surface area contributed by atoms with E-state index in [1.54, 1.807) is 0 Å². The second-order valence-electron chi connectivity index (χ2n) is 5.19. The number of nitrogens with two attached hydrogens (primary N) is 1. The number of hydrogen-bond donors (Lipinski definition) is 2. The maximum atomic E-state index is 12.3. The van der Waals surface area contributed by atoms with E-state index in [0.29, 0.717) is 5.92 Å². The zero-order chi connectivity index (χ0) is 12.4. The van der Waals surface area contributed by atoms with Crippen LogP contribution in [-0.2, 0) is 4.79 Å². The first kappa shape index (κ1) is 12.2. The van der Waals surface area contributed by atoms with Crippen LogP contribution in [0.15, 0.2) is 5.16 Å². The molecule has 1 aliphatic heterocycles. The standard InChI is InChI=1S/C12H21N3O2/c1-8(9-5-6-9)12(16)15-7-3-2-4-10(15)11(13)14-17/h8-10,17H,2-7H2,1H3,(H2,13,14). The average Bonchev–Trinajstić information content (AvgIpc) is 3.20. The van der Waals surface area contributed by atoms with Crippen molar-refractivity contribution in [3.63, 3.8) is 0 Å². The third-order valence-electron chi connectivity index (χ3n) is 3.96. The molecule has 1 aliphatic carbocycles. The van der Waals surface area contributed by atoms with E-state index in [1.165, 1.54) is 0 Å². The van der Waals surface area contributed by atoms with E-state index < -0.39 is 0 Å². The summed E-state index contributed by atoms with van der Waals surface area (Å²) in [5.41, 5.74) is 5.67. The molecule has 1 saturated carbocycles. The minimum absolute atomic E-state index is 0.0853. The van der Waals surface area contributed by atoms with Crippen LogP contribution in [0.25, 0.3) is 0 Å². The predicted octanol–water partition coefficient (Wildman–Crippen LogP) is 1.16. The monoisotopic (exact) mass is 239 g/mol. The Hall–Kier alpha value is -1.26.